The van der Waals surface area contributed by atoms with Gasteiger partial charge in [-0.05, 0) is 18.6 Å². The smallest absolute Gasteiger partial charge is 0.243 e. The topological polar surface area (TPSA) is 74.0 Å². The van der Waals surface area contributed by atoms with Crippen LogP contribution in [0.15, 0.2) is 30.5 Å². The first-order valence-corrected chi connectivity index (χ1v) is 6.31. The Morgan fingerprint density at radius 1 is 1.11 bits per heavy atom. The average molecular weight is 257 g/mol. The van der Waals surface area contributed by atoms with E-state index in [4.69, 9.17) is 0 Å². The van der Waals surface area contributed by atoms with E-state index in [0.29, 0.717) is 6.42 Å². The Labute approximate surface area is 110 Å². The highest BCUT2D eigenvalue weighted by molar-refractivity contribution is 5.97. The Hall–Kier alpha value is -2.30. The van der Waals surface area contributed by atoms with Crippen LogP contribution in [0.3, 0.4) is 0 Å². The number of fused-ring (bicyclic) bond motifs is 1. The molecule has 2 aromatic rings. The molecule has 19 heavy (non-hydrogen) atoms. The van der Waals surface area contributed by atoms with E-state index in [1.165, 1.54) is 0 Å². The fourth-order valence-electron chi connectivity index (χ4n) is 2.41. The molecular formula is C14H15N3O2. The fourth-order valence-corrected chi connectivity index (χ4v) is 2.41. The molecule has 1 aromatic heterocycles. The highest BCUT2D eigenvalue weighted by Gasteiger charge is 2.31. The Morgan fingerprint density at radius 3 is 2.74 bits per heavy atom. The van der Waals surface area contributed by atoms with Crippen molar-refractivity contribution in [3.8, 4) is 0 Å². The summed E-state index contributed by atoms with van der Waals surface area (Å²) in [4.78, 5) is 26.7. The van der Waals surface area contributed by atoms with Crippen molar-refractivity contribution in [2.24, 2.45) is 0 Å². The van der Waals surface area contributed by atoms with Crippen LogP contribution >= 0.6 is 0 Å². The van der Waals surface area contributed by atoms with Gasteiger partial charge >= 0.3 is 0 Å². The highest BCUT2D eigenvalue weighted by atomic mass is 16.2. The number of benzene rings is 1. The molecule has 2 amide bonds. The molecule has 0 spiro atoms. The molecule has 1 aliphatic heterocycles. The van der Waals surface area contributed by atoms with Crippen molar-refractivity contribution >= 4 is 22.7 Å². The van der Waals surface area contributed by atoms with Gasteiger partial charge in [-0.3, -0.25) is 9.59 Å². The summed E-state index contributed by atoms with van der Waals surface area (Å²) >= 11 is 0. The second kappa shape index (κ2) is 4.42. The molecule has 2 atom stereocenters. The van der Waals surface area contributed by atoms with E-state index in [-0.39, 0.29) is 11.8 Å². The zero-order chi connectivity index (χ0) is 13.4. The van der Waals surface area contributed by atoms with E-state index in [2.05, 4.69) is 15.6 Å². The van der Waals surface area contributed by atoms with E-state index in [9.17, 15) is 9.59 Å². The molecule has 3 N–H and O–H groups in total. The first-order valence-electron chi connectivity index (χ1n) is 6.31. The number of rotatable bonds is 2. The van der Waals surface area contributed by atoms with E-state index in [0.717, 1.165) is 16.5 Å². The number of H-pyrrole nitrogens is 1. The molecule has 5 nitrogen and oxygen atoms in total. The van der Waals surface area contributed by atoms with Crippen LogP contribution in [0.4, 0.5) is 0 Å². The standard InChI is InChI=1S/C14H15N3O2/c1-8-13(18)17-12(14(19)16-8)6-9-7-15-11-5-3-2-4-10(9)11/h2-5,7-8,12,15H,6H2,1H3,(H,16,19)(H,17,18)/t8-,12+/m1/s1. The summed E-state index contributed by atoms with van der Waals surface area (Å²) in [6, 6.07) is 6.96. The summed E-state index contributed by atoms with van der Waals surface area (Å²) in [6.45, 7) is 1.68. The molecule has 1 aliphatic rings. The maximum absolute atomic E-state index is 11.9. The Morgan fingerprint density at radius 2 is 1.89 bits per heavy atom. The first-order chi connectivity index (χ1) is 9.15. The number of para-hydroxylation sites is 1. The maximum atomic E-state index is 11.9. The largest absolute Gasteiger partial charge is 0.361 e. The van der Waals surface area contributed by atoms with Crippen molar-refractivity contribution in [2.45, 2.75) is 25.4 Å². The van der Waals surface area contributed by atoms with Gasteiger partial charge in [-0.25, -0.2) is 0 Å². The van der Waals surface area contributed by atoms with E-state index in [1.807, 2.05) is 30.5 Å². The number of aromatic amines is 1. The molecule has 1 fully saturated rings. The predicted octanol–water partition coefficient (Wildman–Crippen LogP) is 0.713. The van der Waals surface area contributed by atoms with Gasteiger partial charge in [0.15, 0.2) is 0 Å². The lowest BCUT2D eigenvalue weighted by Gasteiger charge is -2.27. The van der Waals surface area contributed by atoms with Crippen LogP contribution in [0.5, 0.6) is 0 Å². The second-order valence-corrected chi connectivity index (χ2v) is 4.86. The normalized spacial score (nSPS) is 23.2. The van der Waals surface area contributed by atoms with Crippen LogP contribution in [0.25, 0.3) is 10.9 Å². The molecular weight excluding hydrogens is 242 g/mol. The van der Waals surface area contributed by atoms with Crippen LogP contribution in [-0.2, 0) is 16.0 Å². The lowest BCUT2D eigenvalue weighted by atomic mass is 10.0. The van der Waals surface area contributed by atoms with Gasteiger partial charge < -0.3 is 15.6 Å². The quantitative estimate of drug-likeness (QED) is 0.741. The monoisotopic (exact) mass is 257 g/mol. The van der Waals surface area contributed by atoms with Crippen molar-refractivity contribution < 1.29 is 9.59 Å². The summed E-state index contributed by atoms with van der Waals surface area (Å²) in [5.74, 6) is -0.262. The number of piperazine rings is 1. The summed E-state index contributed by atoms with van der Waals surface area (Å²) in [7, 11) is 0. The Bertz CT molecular complexity index is 647. The Balaban J connectivity index is 1.85. The van der Waals surface area contributed by atoms with Crippen LogP contribution in [0.1, 0.15) is 12.5 Å². The average Bonchev–Trinajstić information content (AvgIpc) is 2.80. The second-order valence-electron chi connectivity index (χ2n) is 4.86. The molecule has 5 heteroatoms. The van der Waals surface area contributed by atoms with Crippen LogP contribution in [0.2, 0.25) is 0 Å². The van der Waals surface area contributed by atoms with Gasteiger partial charge in [0.2, 0.25) is 11.8 Å². The number of carbonyl (C=O) groups excluding carboxylic acids is 2. The van der Waals surface area contributed by atoms with Crippen molar-refractivity contribution in [2.75, 3.05) is 0 Å². The van der Waals surface area contributed by atoms with Gasteiger partial charge in [-0.1, -0.05) is 18.2 Å². The maximum Gasteiger partial charge on any atom is 0.243 e. The number of aromatic nitrogens is 1. The predicted molar refractivity (Wildman–Crippen MR) is 71.5 cm³/mol. The molecule has 2 heterocycles. The fraction of sp³-hybridized carbons (Fsp3) is 0.286. The summed E-state index contributed by atoms with van der Waals surface area (Å²) in [6.07, 6.45) is 2.39. The first kappa shape index (κ1) is 11.8. The molecule has 0 bridgehead atoms. The lowest BCUT2D eigenvalue weighted by molar-refractivity contribution is -0.136. The zero-order valence-corrected chi connectivity index (χ0v) is 10.6. The zero-order valence-electron chi connectivity index (χ0n) is 10.6. The molecule has 0 aliphatic carbocycles. The third kappa shape index (κ3) is 2.07. The summed E-state index contributed by atoms with van der Waals surface area (Å²) in [5.41, 5.74) is 2.07. The van der Waals surface area contributed by atoms with Gasteiger partial charge in [0.1, 0.15) is 12.1 Å². The van der Waals surface area contributed by atoms with Gasteiger partial charge in [0, 0.05) is 23.5 Å². The Kier molecular flexibility index (Phi) is 2.74. The van der Waals surface area contributed by atoms with Crippen molar-refractivity contribution in [3.63, 3.8) is 0 Å². The third-order valence-electron chi connectivity index (χ3n) is 3.48. The van der Waals surface area contributed by atoms with Gasteiger partial charge in [-0.15, -0.1) is 0 Å². The number of hydrogen-bond donors (Lipinski definition) is 3. The molecule has 0 unspecified atom stereocenters. The van der Waals surface area contributed by atoms with Crippen LogP contribution in [-0.4, -0.2) is 28.9 Å². The molecule has 98 valence electrons. The SMILES string of the molecule is C[C@H]1NC(=O)[C@H](Cc2c[nH]c3ccccc23)NC1=O. The molecule has 0 radical (unpaired) electrons. The number of carbonyl (C=O) groups is 2. The minimum atomic E-state index is -0.497. The van der Waals surface area contributed by atoms with E-state index >= 15 is 0 Å². The van der Waals surface area contributed by atoms with Crippen molar-refractivity contribution in [3.05, 3.63) is 36.0 Å². The lowest BCUT2D eigenvalue weighted by Crippen LogP contribution is -2.61. The number of hydrogen-bond acceptors (Lipinski definition) is 2. The number of amides is 2. The minimum absolute atomic E-state index is 0.127. The van der Waals surface area contributed by atoms with Crippen molar-refractivity contribution in [1.82, 2.24) is 15.6 Å². The van der Waals surface area contributed by atoms with Gasteiger partial charge in [-0.2, -0.15) is 0 Å². The summed E-state index contributed by atoms with van der Waals surface area (Å²) in [5, 5.41) is 6.52. The molecule has 0 saturated carbocycles. The van der Waals surface area contributed by atoms with E-state index in [1.54, 1.807) is 6.92 Å². The van der Waals surface area contributed by atoms with Gasteiger partial charge in [0.05, 0.1) is 0 Å². The highest BCUT2D eigenvalue weighted by Crippen LogP contribution is 2.19. The minimum Gasteiger partial charge on any atom is -0.361 e. The van der Waals surface area contributed by atoms with E-state index < -0.39 is 12.1 Å². The van der Waals surface area contributed by atoms with Crippen LogP contribution < -0.4 is 10.6 Å². The van der Waals surface area contributed by atoms with Gasteiger partial charge in [0.25, 0.3) is 0 Å². The molecule has 3 rings (SSSR count). The third-order valence-corrected chi connectivity index (χ3v) is 3.48. The van der Waals surface area contributed by atoms with Crippen molar-refractivity contribution in [1.29, 1.82) is 0 Å². The number of nitrogens with one attached hydrogen (secondary N) is 3. The summed E-state index contributed by atoms with van der Waals surface area (Å²) < 4.78 is 0. The van der Waals surface area contributed by atoms with Crippen LogP contribution in [0, 0.1) is 0 Å². The molecule has 1 saturated heterocycles. The molecule has 1 aromatic carbocycles.